The van der Waals surface area contributed by atoms with Crippen LogP contribution in [0.3, 0.4) is 0 Å². The second-order valence-electron chi connectivity index (χ2n) is 4.89. The van der Waals surface area contributed by atoms with Crippen LogP contribution in [0.25, 0.3) is 0 Å². The van der Waals surface area contributed by atoms with E-state index in [9.17, 15) is 9.90 Å². The molecule has 1 unspecified atom stereocenters. The Balaban J connectivity index is 2.04. The van der Waals surface area contributed by atoms with Crippen molar-refractivity contribution in [1.82, 2.24) is 4.90 Å². The molecular formula is C14H19NO3. The van der Waals surface area contributed by atoms with E-state index in [0.29, 0.717) is 12.5 Å². The van der Waals surface area contributed by atoms with Gasteiger partial charge in [0.05, 0.1) is 7.11 Å². The Morgan fingerprint density at radius 2 is 2.28 bits per heavy atom. The number of hydrogen-bond acceptors (Lipinski definition) is 3. The summed E-state index contributed by atoms with van der Waals surface area (Å²) in [6.07, 6.45) is 2.05. The Labute approximate surface area is 107 Å². The van der Waals surface area contributed by atoms with Crippen molar-refractivity contribution in [2.75, 3.05) is 14.2 Å². The Kier molecular flexibility index (Phi) is 3.87. The first-order valence-electron chi connectivity index (χ1n) is 6.18. The van der Waals surface area contributed by atoms with Crippen LogP contribution in [-0.2, 0) is 11.3 Å². The van der Waals surface area contributed by atoms with Crippen LogP contribution in [0.4, 0.5) is 0 Å². The fourth-order valence-corrected chi connectivity index (χ4v) is 2.32. The first-order chi connectivity index (χ1) is 8.61. The zero-order chi connectivity index (χ0) is 13.1. The number of benzene rings is 1. The third-order valence-corrected chi connectivity index (χ3v) is 3.36. The van der Waals surface area contributed by atoms with E-state index in [-0.39, 0.29) is 6.04 Å². The van der Waals surface area contributed by atoms with Crippen LogP contribution in [0.15, 0.2) is 24.3 Å². The molecule has 0 bridgehead atoms. The lowest BCUT2D eigenvalue weighted by Gasteiger charge is -2.24. The molecule has 1 aromatic carbocycles. The molecule has 0 aliphatic heterocycles. The Morgan fingerprint density at radius 3 is 2.83 bits per heavy atom. The Hall–Kier alpha value is -1.55. The molecule has 0 radical (unpaired) electrons. The minimum Gasteiger partial charge on any atom is -0.497 e. The molecule has 1 aromatic rings. The third-order valence-electron chi connectivity index (χ3n) is 3.36. The summed E-state index contributed by atoms with van der Waals surface area (Å²) in [6.45, 7) is 0.630. The topological polar surface area (TPSA) is 49.8 Å². The minimum atomic E-state index is -0.720. The number of carbonyl (C=O) groups is 1. The van der Waals surface area contributed by atoms with Crippen molar-refractivity contribution >= 4 is 5.97 Å². The molecule has 2 rings (SSSR count). The highest BCUT2D eigenvalue weighted by atomic mass is 16.5. The summed E-state index contributed by atoms with van der Waals surface area (Å²) < 4.78 is 5.17. The lowest BCUT2D eigenvalue weighted by atomic mass is 10.1. The second-order valence-corrected chi connectivity index (χ2v) is 4.89. The molecule has 18 heavy (non-hydrogen) atoms. The standard InChI is InChI=1S/C14H19NO3/c1-15(13(14(16)17)11-6-7-11)9-10-4-3-5-12(8-10)18-2/h3-5,8,11,13H,6-7,9H2,1-2H3,(H,16,17). The van der Waals surface area contributed by atoms with Gasteiger partial charge in [0.25, 0.3) is 0 Å². The molecule has 0 amide bonds. The second kappa shape index (κ2) is 5.40. The molecule has 1 N–H and O–H groups in total. The summed E-state index contributed by atoms with van der Waals surface area (Å²) in [5.74, 6) is 0.403. The van der Waals surface area contributed by atoms with Crippen LogP contribution in [0, 0.1) is 5.92 Å². The predicted octanol–water partition coefficient (Wildman–Crippen LogP) is 1.99. The van der Waals surface area contributed by atoms with Crippen LogP contribution in [0.1, 0.15) is 18.4 Å². The summed E-state index contributed by atoms with van der Waals surface area (Å²) in [7, 11) is 3.50. The van der Waals surface area contributed by atoms with Crippen molar-refractivity contribution in [1.29, 1.82) is 0 Å². The Bertz CT molecular complexity index is 429. The first-order valence-corrected chi connectivity index (χ1v) is 6.18. The molecule has 4 heteroatoms. The number of carboxylic acid groups (broad SMARTS) is 1. The molecule has 0 aromatic heterocycles. The molecule has 1 saturated carbocycles. The van der Waals surface area contributed by atoms with E-state index in [0.717, 1.165) is 24.2 Å². The molecule has 0 heterocycles. The van der Waals surface area contributed by atoms with Gasteiger partial charge in [0.15, 0.2) is 0 Å². The van der Waals surface area contributed by atoms with Crippen molar-refractivity contribution in [3.05, 3.63) is 29.8 Å². The third kappa shape index (κ3) is 3.01. The number of likely N-dealkylation sites (N-methyl/N-ethyl adjacent to an activating group) is 1. The lowest BCUT2D eigenvalue weighted by molar-refractivity contribution is -0.143. The van der Waals surface area contributed by atoms with Gasteiger partial charge in [0.1, 0.15) is 11.8 Å². The van der Waals surface area contributed by atoms with E-state index in [4.69, 9.17) is 4.74 Å². The van der Waals surface area contributed by atoms with Crippen LogP contribution in [0.5, 0.6) is 5.75 Å². The quantitative estimate of drug-likeness (QED) is 0.837. The largest absolute Gasteiger partial charge is 0.497 e. The van der Waals surface area contributed by atoms with Gasteiger partial charge in [-0.25, -0.2) is 0 Å². The molecule has 0 saturated heterocycles. The van der Waals surface area contributed by atoms with E-state index in [1.165, 1.54) is 0 Å². The maximum Gasteiger partial charge on any atom is 0.321 e. The van der Waals surface area contributed by atoms with Gasteiger partial charge < -0.3 is 9.84 Å². The summed E-state index contributed by atoms with van der Waals surface area (Å²) in [6, 6.07) is 7.39. The number of nitrogens with zero attached hydrogens (tertiary/aromatic N) is 1. The average molecular weight is 249 g/mol. The number of carboxylic acids is 1. The molecule has 0 spiro atoms. The first kappa shape index (κ1) is 12.9. The van der Waals surface area contributed by atoms with E-state index < -0.39 is 5.97 Å². The summed E-state index contributed by atoms with van der Waals surface area (Å²) in [5.41, 5.74) is 1.07. The van der Waals surface area contributed by atoms with Crippen LogP contribution >= 0.6 is 0 Å². The maximum atomic E-state index is 11.3. The van der Waals surface area contributed by atoms with Crippen molar-refractivity contribution in [2.45, 2.75) is 25.4 Å². The van der Waals surface area contributed by atoms with Crippen molar-refractivity contribution < 1.29 is 14.6 Å². The van der Waals surface area contributed by atoms with Gasteiger partial charge in [-0.15, -0.1) is 0 Å². The monoisotopic (exact) mass is 249 g/mol. The molecule has 98 valence electrons. The molecule has 1 aliphatic carbocycles. The van der Waals surface area contributed by atoms with Crippen LogP contribution in [-0.4, -0.2) is 36.2 Å². The summed E-state index contributed by atoms with van der Waals surface area (Å²) in [4.78, 5) is 13.2. The molecule has 1 aliphatic rings. The SMILES string of the molecule is COc1cccc(CN(C)C(C(=O)O)C2CC2)c1. The number of hydrogen-bond donors (Lipinski definition) is 1. The number of methoxy groups -OCH3 is 1. The van der Waals surface area contributed by atoms with E-state index in [1.807, 2.05) is 36.2 Å². The van der Waals surface area contributed by atoms with Gasteiger partial charge in [-0.05, 0) is 43.5 Å². The van der Waals surface area contributed by atoms with E-state index >= 15 is 0 Å². The van der Waals surface area contributed by atoms with Crippen molar-refractivity contribution in [2.24, 2.45) is 5.92 Å². The van der Waals surface area contributed by atoms with Crippen LogP contribution < -0.4 is 4.74 Å². The highest BCUT2D eigenvalue weighted by Crippen LogP contribution is 2.35. The highest BCUT2D eigenvalue weighted by molar-refractivity contribution is 5.74. The maximum absolute atomic E-state index is 11.3. The van der Waals surface area contributed by atoms with Crippen LogP contribution in [0.2, 0.25) is 0 Å². The zero-order valence-electron chi connectivity index (χ0n) is 10.8. The molecule has 1 fully saturated rings. The fourth-order valence-electron chi connectivity index (χ4n) is 2.32. The van der Waals surface area contributed by atoms with Gasteiger partial charge >= 0.3 is 5.97 Å². The fraction of sp³-hybridized carbons (Fsp3) is 0.500. The van der Waals surface area contributed by atoms with Gasteiger partial charge in [-0.2, -0.15) is 0 Å². The average Bonchev–Trinajstić information content (AvgIpc) is 3.13. The Morgan fingerprint density at radius 1 is 1.56 bits per heavy atom. The van der Waals surface area contributed by atoms with Gasteiger partial charge in [-0.3, -0.25) is 9.69 Å². The smallest absolute Gasteiger partial charge is 0.321 e. The lowest BCUT2D eigenvalue weighted by Crippen LogP contribution is -2.39. The predicted molar refractivity (Wildman–Crippen MR) is 68.6 cm³/mol. The van der Waals surface area contributed by atoms with Crippen molar-refractivity contribution in [3.8, 4) is 5.75 Å². The minimum absolute atomic E-state index is 0.318. The molecular weight excluding hydrogens is 230 g/mol. The van der Waals surface area contributed by atoms with Gasteiger partial charge in [0.2, 0.25) is 0 Å². The normalized spacial score (nSPS) is 16.6. The highest BCUT2D eigenvalue weighted by Gasteiger charge is 2.38. The number of ether oxygens (including phenoxy) is 1. The zero-order valence-corrected chi connectivity index (χ0v) is 10.8. The number of aliphatic carboxylic acids is 1. The molecule has 1 atom stereocenters. The number of rotatable bonds is 6. The summed E-state index contributed by atoms with van der Waals surface area (Å²) in [5, 5.41) is 9.27. The summed E-state index contributed by atoms with van der Waals surface area (Å²) >= 11 is 0. The molecule has 4 nitrogen and oxygen atoms in total. The van der Waals surface area contributed by atoms with E-state index in [1.54, 1.807) is 7.11 Å². The van der Waals surface area contributed by atoms with Gasteiger partial charge in [-0.1, -0.05) is 12.1 Å². The van der Waals surface area contributed by atoms with Gasteiger partial charge in [0, 0.05) is 6.54 Å². The van der Waals surface area contributed by atoms with Crippen molar-refractivity contribution in [3.63, 3.8) is 0 Å². The van der Waals surface area contributed by atoms with E-state index in [2.05, 4.69) is 0 Å².